The highest BCUT2D eigenvalue weighted by molar-refractivity contribution is 7.14. The predicted molar refractivity (Wildman–Crippen MR) is 91.7 cm³/mol. The first-order valence-electron chi connectivity index (χ1n) is 8.55. The number of nitrogens with zero attached hydrogens (tertiary/aromatic N) is 1. The van der Waals surface area contributed by atoms with Crippen molar-refractivity contribution in [1.82, 2.24) is 10.2 Å². The van der Waals surface area contributed by atoms with Crippen LogP contribution in [0.2, 0.25) is 0 Å². The fraction of sp³-hybridized carbons (Fsp3) is 0.647. The standard InChI is InChI=1S/C17H25N3O2S/c18-16(21)11-20-8-4-6-13(10-20)19-17(22)15-9-12-5-2-1-3-7-14(12)23-15/h9,13H,1-8,10-11H2,(H2,18,21)(H,19,22). The molecule has 1 aliphatic heterocycles. The first-order valence-corrected chi connectivity index (χ1v) is 9.36. The molecule has 0 saturated carbocycles. The molecule has 1 atom stereocenters. The molecule has 1 aromatic rings. The average molecular weight is 335 g/mol. The van der Waals surface area contributed by atoms with Gasteiger partial charge in [-0.1, -0.05) is 6.42 Å². The highest BCUT2D eigenvalue weighted by atomic mass is 32.1. The van der Waals surface area contributed by atoms with E-state index in [4.69, 9.17) is 5.73 Å². The molecule has 0 radical (unpaired) electrons. The number of rotatable bonds is 4. The molecule has 0 aromatic carbocycles. The maximum Gasteiger partial charge on any atom is 0.261 e. The van der Waals surface area contributed by atoms with Gasteiger partial charge in [0.05, 0.1) is 11.4 Å². The summed E-state index contributed by atoms with van der Waals surface area (Å²) in [6.07, 6.45) is 7.93. The first kappa shape index (κ1) is 16.5. The molecule has 1 unspecified atom stereocenters. The first-order chi connectivity index (χ1) is 11.1. The molecule has 1 fully saturated rings. The van der Waals surface area contributed by atoms with Crippen molar-refractivity contribution in [2.45, 2.75) is 51.0 Å². The summed E-state index contributed by atoms with van der Waals surface area (Å²) in [5.41, 5.74) is 6.64. The van der Waals surface area contributed by atoms with Crippen LogP contribution in [-0.4, -0.2) is 42.4 Å². The van der Waals surface area contributed by atoms with E-state index in [0.717, 1.165) is 37.1 Å². The molecule has 2 aliphatic rings. The third-order valence-corrected chi connectivity index (χ3v) is 5.93. The van der Waals surface area contributed by atoms with Crippen LogP contribution in [0, 0.1) is 0 Å². The highest BCUT2D eigenvalue weighted by Gasteiger charge is 2.24. The molecule has 3 rings (SSSR count). The van der Waals surface area contributed by atoms with E-state index < -0.39 is 0 Å². The lowest BCUT2D eigenvalue weighted by Gasteiger charge is -2.32. The highest BCUT2D eigenvalue weighted by Crippen LogP contribution is 2.29. The molecular formula is C17H25N3O2S. The van der Waals surface area contributed by atoms with Crippen molar-refractivity contribution >= 4 is 23.2 Å². The van der Waals surface area contributed by atoms with Gasteiger partial charge in [-0.25, -0.2) is 0 Å². The Morgan fingerprint density at radius 1 is 1.26 bits per heavy atom. The summed E-state index contributed by atoms with van der Waals surface area (Å²) in [5.74, 6) is -0.270. The van der Waals surface area contributed by atoms with Crippen LogP contribution in [0.15, 0.2) is 6.07 Å². The molecule has 1 aromatic heterocycles. The van der Waals surface area contributed by atoms with Gasteiger partial charge in [-0.2, -0.15) is 0 Å². The molecule has 23 heavy (non-hydrogen) atoms. The third-order valence-electron chi connectivity index (χ3n) is 4.69. The Morgan fingerprint density at radius 3 is 2.91 bits per heavy atom. The van der Waals surface area contributed by atoms with Gasteiger partial charge in [-0.15, -0.1) is 11.3 Å². The van der Waals surface area contributed by atoms with Crippen molar-refractivity contribution in [3.63, 3.8) is 0 Å². The van der Waals surface area contributed by atoms with Crippen LogP contribution >= 0.6 is 11.3 Å². The van der Waals surface area contributed by atoms with Gasteiger partial charge in [0.15, 0.2) is 0 Å². The minimum Gasteiger partial charge on any atom is -0.369 e. The number of nitrogens with two attached hydrogens (primary N) is 1. The van der Waals surface area contributed by atoms with Gasteiger partial charge < -0.3 is 11.1 Å². The fourth-order valence-corrected chi connectivity index (χ4v) is 4.73. The van der Waals surface area contributed by atoms with Crippen molar-refractivity contribution < 1.29 is 9.59 Å². The zero-order chi connectivity index (χ0) is 16.2. The zero-order valence-corrected chi connectivity index (χ0v) is 14.3. The van der Waals surface area contributed by atoms with Gasteiger partial charge in [0.25, 0.3) is 5.91 Å². The van der Waals surface area contributed by atoms with E-state index in [9.17, 15) is 9.59 Å². The summed E-state index contributed by atoms with van der Waals surface area (Å²) in [6, 6.07) is 2.20. The Morgan fingerprint density at radius 2 is 2.09 bits per heavy atom. The zero-order valence-electron chi connectivity index (χ0n) is 13.5. The van der Waals surface area contributed by atoms with Crippen molar-refractivity contribution in [2.24, 2.45) is 5.73 Å². The van der Waals surface area contributed by atoms with Crippen LogP contribution in [0.1, 0.15) is 52.2 Å². The van der Waals surface area contributed by atoms with E-state index in [0.29, 0.717) is 6.54 Å². The van der Waals surface area contributed by atoms with E-state index in [-0.39, 0.29) is 24.4 Å². The molecule has 2 heterocycles. The maximum absolute atomic E-state index is 12.5. The maximum atomic E-state index is 12.5. The second-order valence-corrected chi connectivity index (χ2v) is 7.77. The number of carbonyl (C=O) groups excluding carboxylic acids is 2. The number of aryl methyl sites for hydroxylation is 2. The van der Waals surface area contributed by atoms with Crippen LogP contribution in [0.5, 0.6) is 0 Å². The molecule has 3 N–H and O–H groups in total. The van der Waals surface area contributed by atoms with Gasteiger partial charge in [0.1, 0.15) is 0 Å². The van der Waals surface area contributed by atoms with E-state index in [1.165, 1.54) is 29.7 Å². The summed E-state index contributed by atoms with van der Waals surface area (Å²) in [4.78, 5) is 27.8. The number of amides is 2. The second kappa shape index (κ2) is 7.45. The molecule has 5 nitrogen and oxygen atoms in total. The van der Waals surface area contributed by atoms with Gasteiger partial charge in [-0.05, 0) is 56.7 Å². The number of thiophene rings is 1. The molecule has 1 saturated heterocycles. The Balaban J connectivity index is 1.59. The van der Waals surface area contributed by atoms with Crippen LogP contribution < -0.4 is 11.1 Å². The summed E-state index contributed by atoms with van der Waals surface area (Å²) < 4.78 is 0. The SMILES string of the molecule is NC(=O)CN1CCCC(NC(=O)c2cc3c(s2)CCCCC3)C1. The lowest BCUT2D eigenvalue weighted by atomic mass is 10.1. The smallest absolute Gasteiger partial charge is 0.261 e. The fourth-order valence-electron chi connectivity index (χ4n) is 3.57. The number of carbonyl (C=O) groups is 2. The summed E-state index contributed by atoms with van der Waals surface area (Å²) in [5, 5.41) is 3.14. The van der Waals surface area contributed by atoms with E-state index in [1.807, 2.05) is 4.90 Å². The Hall–Kier alpha value is -1.40. The predicted octanol–water partition coefficient (Wildman–Crippen LogP) is 1.70. The molecule has 0 spiro atoms. The number of hydrogen-bond acceptors (Lipinski definition) is 4. The quantitative estimate of drug-likeness (QED) is 0.822. The van der Waals surface area contributed by atoms with Crippen LogP contribution in [0.4, 0.5) is 0 Å². The van der Waals surface area contributed by atoms with E-state index >= 15 is 0 Å². The normalized spacial score (nSPS) is 22.2. The number of piperidine rings is 1. The summed E-state index contributed by atoms with van der Waals surface area (Å²) in [7, 11) is 0. The molecule has 126 valence electrons. The Bertz CT molecular complexity index is 561. The molecule has 2 amide bonds. The Labute approximate surface area is 141 Å². The molecule has 1 aliphatic carbocycles. The van der Waals surface area contributed by atoms with E-state index in [1.54, 1.807) is 11.3 Å². The van der Waals surface area contributed by atoms with Crippen molar-refractivity contribution in [2.75, 3.05) is 19.6 Å². The lowest BCUT2D eigenvalue weighted by Crippen LogP contribution is -2.49. The van der Waals surface area contributed by atoms with E-state index in [2.05, 4.69) is 11.4 Å². The van der Waals surface area contributed by atoms with Gasteiger partial charge in [-0.3, -0.25) is 14.5 Å². The topological polar surface area (TPSA) is 75.4 Å². The monoisotopic (exact) mass is 335 g/mol. The molecular weight excluding hydrogens is 310 g/mol. The van der Waals surface area contributed by atoms with Gasteiger partial charge in [0, 0.05) is 17.5 Å². The number of nitrogens with one attached hydrogen (secondary N) is 1. The van der Waals surface area contributed by atoms with Crippen molar-refractivity contribution in [3.8, 4) is 0 Å². The van der Waals surface area contributed by atoms with Crippen molar-refractivity contribution in [3.05, 3.63) is 21.4 Å². The minimum atomic E-state index is -0.307. The van der Waals surface area contributed by atoms with Crippen LogP contribution in [0.3, 0.4) is 0 Å². The number of hydrogen-bond donors (Lipinski definition) is 2. The number of likely N-dealkylation sites (tertiary alicyclic amines) is 1. The van der Waals surface area contributed by atoms with Crippen LogP contribution in [0.25, 0.3) is 0 Å². The average Bonchev–Trinajstić information content (AvgIpc) is 2.78. The third kappa shape index (κ3) is 4.32. The minimum absolute atomic E-state index is 0.0361. The summed E-state index contributed by atoms with van der Waals surface area (Å²) >= 11 is 1.66. The van der Waals surface area contributed by atoms with Crippen molar-refractivity contribution in [1.29, 1.82) is 0 Å². The Kier molecular flexibility index (Phi) is 5.33. The number of primary amides is 1. The largest absolute Gasteiger partial charge is 0.369 e. The van der Waals surface area contributed by atoms with Gasteiger partial charge >= 0.3 is 0 Å². The van der Waals surface area contributed by atoms with Gasteiger partial charge in [0.2, 0.25) is 5.91 Å². The second-order valence-electron chi connectivity index (χ2n) is 6.63. The van der Waals surface area contributed by atoms with Crippen LogP contribution in [-0.2, 0) is 17.6 Å². The molecule has 0 bridgehead atoms. The molecule has 6 heteroatoms. The number of fused-ring (bicyclic) bond motifs is 1. The summed E-state index contributed by atoms with van der Waals surface area (Å²) in [6.45, 7) is 1.86. The lowest BCUT2D eigenvalue weighted by molar-refractivity contribution is -0.119.